The zero-order chi connectivity index (χ0) is 20.2. The van der Waals surface area contributed by atoms with Crippen molar-refractivity contribution < 1.29 is 4.74 Å². The minimum atomic E-state index is 0.660. The normalized spacial score (nSPS) is 10.9. The van der Waals surface area contributed by atoms with E-state index in [1.54, 1.807) is 13.3 Å². The molecule has 2 aromatic carbocycles. The van der Waals surface area contributed by atoms with Crippen LogP contribution >= 0.6 is 27.5 Å². The maximum absolute atomic E-state index is 6.09. The highest BCUT2D eigenvalue weighted by Gasteiger charge is 2.08. The number of pyridine rings is 1. The molecule has 0 fully saturated rings. The summed E-state index contributed by atoms with van der Waals surface area (Å²) in [6.07, 6.45) is 5.05. The highest BCUT2D eigenvalue weighted by molar-refractivity contribution is 9.10. The third kappa shape index (κ3) is 4.66. The van der Waals surface area contributed by atoms with Crippen LogP contribution < -0.4 is 10.1 Å². The van der Waals surface area contributed by atoms with E-state index in [1.165, 1.54) is 11.9 Å². The van der Waals surface area contributed by atoms with Crippen LogP contribution in [0.1, 0.15) is 11.3 Å². The van der Waals surface area contributed by atoms with Crippen molar-refractivity contribution in [2.45, 2.75) is 12.8 Å². The average molecular weight is 470 g/mol. The van der Waals surface area contributed by atoms with Gasteiger partial charge in [0.2, 0.25) is 0 Å². The molecule has 4 rings (SSSR count). The van der Waals surface area contributed by atoms with E-state index >= 15 is 0 Å². The molecule has 29 heavy (non-hydrogen) atoms. The summed E-state index contributed by atoms with van der Waals surface area (Å²) in [6, 6.07) is 15.8. The monoisotopic (exact) mass is 468 g/mol. The molecule has 0 radical (unpaired) electrons. The fourth-order valence-electron chi connectivity index (χ4n) is 3.01. The molecule has 0 aliphatic rings. The van der Waals surface area contributed by atoms with Crippen LogP contribution in [0.3, 0.4) is 0 Å². The van der Waals surface area contributed by atoms with E-state index in [9.17, 15) is 0 Å². The first-order valence-electron chi connectivity index (χ1n) is 9.07. The first-order chi connectivity index (χ1) is 14.1. The minimum absolute atomic E-state index is 0.660. The Morgan fingerprint density at radius 2 is 1.83 bits per heavy atom. The summed E-state index contributed by atoms with van der Waals surface area (Å²) >= 11 is 9.54. The summed E-state index contributed by atoms with van der Waals surface area (Å²) in [6.45, 7) is 0. The molecule has 0 amide bonds. The first-order valence-corrected chi connectivity index (χ1v) is 10.2. The summed E-state index contributed by atoms with van der Waals surface area (Å²) in [5.41, 5.74) is 3.91. The number of aryl methyl sites for hydroxylation is 2. The number of benzene rings is 2. The summed E-state index contributed by atoms with van der Waals surface area (Å²) in [5.74, 6) is 1.59. The van der Waals surface area contributed by atoms with Gasteiger partial charge in [0.05, 0.1) is 23.8 Å². The maximum Gasteiger partial charge on any atom is 0.141 e. The minimum Gasteiger partial charge on any atom is -0.497 e. The Bertz CT molecular complexity index is 1150. The number of aromatic nitrogens is 3. The van der Waals surface area contributed by atoms with E-state index in [1.807, 2.05) is 36.4 Å². The fraction of sp³-hybridized carbons (Fsp3) is 0.136. The van der Waals surface area contributed by atoms with Crippen molar-refractivity contribution in [1.29, 1.82) is 0 Å². The number of anilines is 2. The number of rotatable bonds is 6. The van der Waals surface area contributed by atoms with Gasteiger partial charge in [-0.2, -0.15) is 0 Å². The van der Waals surface area contributed by atoms with Crippen LogP contribution in [0.25, 0.3) is 10.9 Å². The second kappa shape index (κ2) is 8.76. The SMILES string of the molecule is COc1ccc(CCc2cc3c(Nc4ccc(Cl)c(Br)c4)ncnc3cn2)cc1. The van der Waals surface area contributed by atoms with Gasteiger partial charge in [0.25, 0.3) is 0 Å². The van der Waals surface area contributed by atoms with Crippen LogP contribution in [-0.4, -0.2) is 22.1 Å². The number of nitrogens with zero attached hydrogens (tertiary/aromatic N) is 3. The molecule has 1 N–H and O–H groups in total. The van der Waals surface area contributed by atoms with Gasteiger partial charge >= 0.3 is 0 Å². The molecular formula is C22H18BrClN4O. The lowest BCUT2D eigenvalue weighted by Gasteiger charge is -2.10. The Hall–Kier alpha value is -2.70. The van der Waals surface area contributed by atoms with Gasteiger partial charge in [0, 0.05) is 21.2 Å². The van der Waals surface area contributed by atoms with Gasteiger partial charge < -0.3 is 10.1 Å². The van der Waals surface area contributed by atoms with E-state index in [2.05, 4.69) is 48.3 Å². The molecule has 146 valence electrons. The van der Waals surface area contributed by atoms with Crippen LogP contribution in [0.4, 0.5) is 11.5 Å². The van der Waals surface area contributed by atoms with E-state index < -0.39 is 0 Å². The molecule has 0 aliphatic carbocycles. The first kappa shape index (κ1) is 19.6. The largest absolute Gasteiger partial charge is 0.497 e. The van der Waals surface area contributed by atoms with Gasteiger partial charge in [-0.3, -0.25) is 4.98 Å². The topological polar surface area (TPSA) is 59.9 Å². The van der Waals surface area contributed by atoms with Crippen LogP contribution in [-0.2, 0) is 12.8 Å². The predicted octanol–water partition coefficient (Wildman–Crippen LogP) is 5.98. The lowest BCUT2D eigenvalue weighted by atomic mass is 10.1. The summed E-state index contributed by atoms with van der Waals surface area (Å²) in [4.78, 5) is 13.3. The van der Waals surface area contributed by atoms with Gasteiger partial charge in [-0.15, -0.1) is 0 Å². The molecule has 2 heterocycles. The molecule has 0 spiro atoms. The molecule has 0 unspecified atom stereocenters. The Morgan fingerprint density at radius 3 is 2.59 bits per heavy atom. The Kier molecular flexibility index (Phi) is 5.92. The van der Waals surface area contributed by atoms with Crippen LogP contribution in [0.15, 0.2) is 65.5 Å². The predicted molar refractivity (Wildman–Crippen MR) is 120 cm³/mol. The van der Waals surface area contributed by atoms with E-state index in [0.29, 0.717) is 5.02 Å². The van der Waals surface area contributed by atoms with Crippen molar-refractivity contribution in [3.63, 3.8) is 0 Å². The molecule has 0 aliphatic heterocycles. The lowest BCUT2D eigenvalue weighted by Crippen LogP contribution is -1.99. The molecule has 2 aromatic heterocycles. The van der Waals surface area contributed by atoms with Crippen LogP contribution in [0.5, 0.6) is 5.75 Å². The molecule has 0 saturated heterocycles. The number of hydrogen-bond acceptors (Lipinski definition) is 5. The third-order valence-electron chi connectivity index (χ3n) is 4.59. The lowest BCUT2D eigenvalue weighted by molar-refractivity contribution is 0.414. The third-order valence-corrected chi connectivity index (χ3v) is 5.80. The molecule has 7 heteroatoms. The number of nitrogens with one attached hydrogen (secondary N) is 1. The quantitative estimate of drug-likeness (QED) is 0.376. The Balaban J connectivity index is 1.57. The molecule has 5 nitrogen and oxygen atoms in total. The van der Waals surface area contributed by atoms with Gasteiger partial charge in [0.1, 0.15) is 17.9 Å². The zero-order valence-corrected chi connectivity index (χ0v) is 18.0. The molecule has 0 bridgehead atoms. The van der Waals surface area contributed by atoms with Crippen molar-refractivity contribution >= 4 is 49.9 Å². The smallest absolute Gasteiger partial charge is 0.141 e. The summed E-state index contributed by atoms with van der Waals surface area (Å²) < 4.78 is 6.04. The van der Waals surface area contributed by atoms with Gasteiger partial charge in [-0.1, -0.05) is 23.7 Å². The van der Waals surface area contributed by atoms with Crippen LogP contribution in [0.2, 0.25) is 5.02 Å². The van der Waals surface area contributed by atoms with E-state index in [4.69, 9.17) is 16.3 Å². The number of methoxy groups -OCH3 is 1. The molecule has 0 saturated carbocycles. The highest BCUT2D eigenvalue weighted by atomic mass is 79.9. The Morgan fingerprint density at radius 1 is 1.00 bits per heavy atom. The van der Waals surface area contributed by atoms with E-state index in [-0.39, 0.29) is 0 Å². The number of halogens is 2. The Labute approximate surface area is 182 Å². The average Bonchev–Trinajstić information content (AvgIpc) is 2.75. The van der Waals surface area contributed by atoms with Crippen molar-refractivity contribution in [2.75, 3.05) is 12.4 Å². The van der Waals surface area contributed by atoms with Gasteiger partial charge in [-0.25, -0.2) is 9.97 Å². The standard InChI is InChI=1S/C22H18BrClN4O/c1-29-17-7-3-14(4-8-17)2-5-15-10-18-21(12-25-15)26-13-27-22(18)28-16-6-9-20(24)19(23)11-16/h3-4,6-13H,2,5H2,1H3,(H,26,27,28). The second-order valence-corrected chi connectivity index (χ2v) is 7.78. The molecule has 0 atom stereocenters. The maximum atomic E-state index is 6.09. The van der Waals surface area contributed by atoms with Crippen molar-refractivity contribution in [3.05, 3.63) is 81.8 Å². The van der Waals surface area contributed by atoms with Crippen molar-refractivity contribution in [3.8, 4) is 5.75 Å². The van der Waals surface area contributed by atoms with Gasteiger partial charge in [-0.05, 0) is 70.7 Å². The second-order valence-electron chi connectivity index (χ2n) is 6.52. The summed E-state index contributed by atoms with van der Waals surface area (Å²) in [5, 5.41) is 4.94. The number of fused-ring (bicyclic) bond motifs is 1. The zero-order valence-electron chi connectivity index (χ0n) is 15.7. The molecule has 4 aromatic rings. The van der Waals surface area contributed by atoms with Crippen molar-refractivity contribution in [2.24, 2.45) is 0 Å². The molecular weight excluding hydrogens is 452 g/mol. The summed E-state index contributed by atoms with van der Waals surface area (Å²) in [7, 11) is 1.67. The van der Waals surface area contributed by atoms with E-state index in [0.717, 1.165) is 51.2 Å². The number of ether oxygens (including phenoxy) is 1. The highest BCUT2D eigenvalue weighted by Crippen LogP contribution is 2.29. The van der Waals surface area contributed by atoms with Crippen LogP contribution in [0, 0.1) is 0 Å². The number of hydrogen-bond donors (Lipinski definition) is 1. The van der Waals surface area contributed by atoms with Gasteiger partial charge in [0.15, 0.2) is 0 Å². The van der Waals surface area contributed by atoms with Crippen molar-refractivity contribution in [1.82, 2.24) is 15.0 Å². The fourth-order valence-corrected chi connectivity index (χ4v) is 3.51.